The van der Waals surface area contributed by atoms with Crippen molar-refractivity contribution < 1.29 is 0 Å². The van der Waals surface area contributed by atoms with Crippen LogP contribution >= 0.6 is 12.2 Å². The van der Waals surface area contributed by atoms with Gasteiger partial charge in [-0.15, -0.1) is 0 Å². The van der Waals surface area contributed by atoms with Crippen molar-refractivity contribution in [1.82, 2.24) is 14.9 Å². The van der Waals surface area contributed by atoms with Crippen LogP contribution in [0.4, 0.5) is 0 Å². The summed E-state index contributed by atoms with van der Waals surface area (Å²) in [7, 11) is 0. The van der Waals surface area contributed by atoms with Gasteiger partial charge in [0, 0.05) is 12.0 Å². The Morgan fingerprint density at radius 1 is 1.37 bits per heavy atom. The summed E-state index contributed by atoms with van der Waals surface area (Å²) in [6, 6.07) is 9.90. The molecule has 0 amide bonds. The third kappa shape index (κ3) is 3.70. The third-order valence-corrected chi connectivity index (χ3v) is 2.82. The molecule has 19 heavy (non-hydrogen) atoms. The Morgan fingerprint density at radius 3 is 2.89 bits per heavy atom. The summed E-state index contributed by atoms with van der Waals surface area (Å²) in [6.45, 7) is 2.64. The van der Waals surface area contributed by atoms with Crippen LogP contribution in [0, 0.1) is 16.6 Å². The minimum atomic E-state index is 0.527. The molecule has 4 nitrogen and oxygen atoms in total. The number of nitrogens with zero attached hydrogens (tertiary/aromatic N) is 2. The van der Waals surface area contributed by atoms with Gasteiger partial charge in [-0.1, -0.05) is 37.0 Å². The lowest BCUT2D eigenvalue weighted by Crippen LogP contribution is -2.18. The van der Waals surface area contributed by atoms with Gasteiger partial charge >= 0.3 is 0 Å². The lowest BCUT2D eigenvalue weighted by molar-refractivity contribution is 0.752. The summed E-state index contributed by atoms with van der Waals surface area (Å²) in [6.07, 6.45) is 1.91. The van der Waals surface area contributed by atoms with Crippen molar-refractivity contribution in [2.24, 2.45) is 0 Å². The monoisotopic (exact) mass is 272 g/mol. The number of aromatic amines is 1. The SMILES string of the molecule is CCCc1n[nH]c(=S)n1NCC#Cc1ccccc1. The first kappa shape index (κ1) is 13.4. The average Bonchev–Trinajstić information content (AvgIpc) is 2.78. The van der Waals surface area contributed by atoms with Crippen molar-refractivity contribution in [3.05, 3.63) is 46.5 Å². The second-order valence-corrected chi connectivity index (χ2v) is 4.42. The van der Waals surface area contributed by atoms with Crippen molar-refractivity contribution >= 4 is 12.2 Å². The van der Waals surface area contributed by atoms with Gasteiger partial charge in [-0.05, 0) is 30.8 Å². The second-order valence-electron chi connectivity index (χ2n) is 4.03. The van der Waals surface area contributed by atoms with E-state index in [-0.39, 0.29) is 0 Å². The summed E-state index contributed by atoms with van der Waals surface area (Å²) in [5.74, 6) is 7.07. The smallest absolute Gasteiger partial charge is 0.214 e. The maximum atomic E-state index is 5.16. The van der Waals surface area contributed by atoms with Crippen molar-refractivity contribution in [2.45, 2.75) is 19.8 Å². The molecule has 2 aromatic rings. The summed E-state index contributed by atoms with van der Waals surface area (Å²) in [5.41, 5.74) is 4.17. The van der Waals surface area contributed by atoms with Crippen molar-refractivity contribution in [1.29, 1.82) is 0 Å². The summed E-state index contributed by atoms with van der Waals surface area (Å²) < 4.78 is 2.36. The standard InChI is InChI=1S/C14H16N4S/c1-2-7-13-16-17-14(19)18(13)15-11-6-10-12-8-4-3-5-9-12/h3-5,8-9,15H,2,7,11H2,1H3,(H,17,19). The Balaban J connectivity index is 1.98. The molecule has 98 valence electrons. The highest BCUT2D eigenvalue weighted by Crippen LogP contribution is 1.98. The van der Waals surface area contributed by atoms with E-state index in [1.165, 1.54) is 0 Å². The van der Waals surface area contributed by atoms with Crippen LogP contribution in [-0.4, -0.2) is 21.4 Å². The number of H-pyrrole nitrogens is 1. The van der Waals surface area contributed by atoms with Crippen molar-refractivity contribution in [2.75, 3.05) is 12.0 Å². The van der Waals surface area contributed by atoms with E-state index in [0.717, 1.165) is 24.2 Å². The first-order chi connectivity index (χ1) is 9.31. The number of nitrogens with one attached hydrogen (secondary N) is 2. The molecule has 0 atom stereocenters. The van der Waals surface area contributed by atoms with Crippen LogP contribution in [0.3, 0.4) is 0 Å². The molecular formula is C14H16N4S. The fourth-order valence-electron chi connectivity index (χ4n) is 1.67. The van der Waals surface area contributed by atoms with E-state index in [0.29, 0.717) is 11.3 Å². The number of hydrogen-bond donors (Lipinski definition) is 2. The lowest BCUT2D eigenvalue weighted by Gasteiger charge is -2.05. The van der Waals surface area contributed by atoms with Crippen LogP contribution < -0.4 is 5.43 Å². The zero-order valence-corrected chi connectivity index (χ0v) is 11.6. The molecule has 5 heteroatoms. The topological polar surface area (TPSA) is 45.6 Å². The van der Waals surface area contributed by atoms with Crippen LogP contribution in [-0.2, 0) is 6.42 Å². The Hall–Kier alpha value is -2.06. The van der Waals surface area contributed by atoms with Gasteiger partial charge in [0.05, 0.1) is 6.54 Å². The van der Waals surface area contributed by atoms with E-state index >= 15 is 0 Å². The van der Waals surface area contributed by atoms with Gasteiger partial charge in [0.25, 0.3) is 0 Å². The quantitative estimate of drug-likeness (QED) is 0.664. The maximum Gasteiger partial charge on any atom is 0.214 e. The zero-order valence-electron chi connectivity index (χ0n) is 10.8. The van der Waals surface area contributed by atoms with E-state index in [1.807, 2.05) is 30.3 Å². The minimum absolute atomic E-state index is 0.527. The summed E-state index contributed by atoms with van der Waals surface area (Å²) >= 11 is 5.16. The first-order valence-electron chi connectivity index (χ1n) is 6.25. The molecule has 0 bridgehead atoms. The molecule has 1 heterocycles. The van der Waals surface area contributed by atoms with Crippen LogP contribution in [0.5, 0.6) is 0 Å². The Bertz CT molecular complexity index is 631. The summed E-state index contributed by atoms with van der Waals surface area (Å²) in [5, 5.41) is 6.96. The predicted molar refractivity (Wildman–Crippen MR) is 79.0 cm³/mol. The highest BCUT2D eigenvalue weighted by atomic mass is 32.1. The van der Waals surface area contributed by atoms with Gasteiger partial charge in [0.15, 0.2) is 5.82 Å². The van der Waals surface area contributed by atoms with Crippen LogP contribution in [0.1, 0.15) is 24.7 Å². The number of aromatic nitrogens is 3. The number of rotatable bonds is 4. The fourth-order valence-corrected chi connectivity index (χ4v) is 1.89. The van der Waals surface area contributed by atoms with Gasteiger partial charge in [-0.2, -0.15) is 5.10 Å². The van der Waals surface area contributed by atoms with Gasteiger partial charge in [-0.25, -0.2) is 4.68 Å². The molecule has 0 aliphatic heterocycles. The largest absolute Gasteiger partial charge is 0.310 e. The molecule has 1 aromatic carbocycles. The molecule has 0 unspecified atom stereocenters. The van der Waals surface area contributed by atoms with E-state index in [4.69, 9.17) is 12.2 Å². The van der Waals surface area contributed by atoms with Gasteiger partial charge in [0.1, 0.15) is 0 Å². The molecule has 0 radical (unpaired) electrons. The minimum Gasteiger partial charge on any atom is -0.310 e. The highest BCUT2D eigenvalue weighted by molar-refractivity contribution is 7.71. The molecule has 2 rings (SSSR count). The molecule has 1 aromatic heterocycles. The molecular weight excluding hydrogens is 256 g/mol. The van der Waals surface area contributed by atoms with Crippen LogP contribution in [0.2, 0.25) is 0 Å². The first-order valence-corrected chi connectivity index (χ1v) is 6.66. The van der Waals surface area contributed by atoms with Crippen molar-refractivity contribution in [3.63, 3.8) is 0 Å². The van der Waals surface area contributed by atoms with Crippen LogP contribution in [0.25, 0.3) is 0 Å². The van der Waals surface area contributed by atoms with Gasteiger partial charge in [-0.3, -0.25) is 5.10 Å². The lowest BCUT2D eigenvalue weighted by atomic mass is 10.2. The normalized spacial score (nSPS) is 9.74. The Labute approximate surface area is 117 Å². The molecule has 0 aliphatic carbocycles. The second kappa shape index (κ2) is 6.76. The van der Waals surface area contributed by atoms with E-state index in [2.05, 4.69) is 34.4 Å². The molecule has 0 aliphatic rings. The van der Waals surface area contributed by atoms with Gasteiger partial charge in [0.2, 0.25) is 4.77 Å². The number of aryl methyl sites for hydroxylation is 1. The Morgan fingerprint density at radius 2 is 2.16 bits per heavy atom. The van der Waals surface area contributed by atoms with Crippen molar-refractivity contribution in [3.8, 4) is 11.8 Å². The molecule has 0 saturated carbocycles. The zero-order chi connectivity index (χ0) is 13.5. The molecule has 0 fully saturated rings. The van der Waals surface area contributed by atoms with E-state index in [9.17, 15) is 0 Å². The Kier molecular flexibility index (Phi) is 4.76. The highest BCUT2D eigenvalue weighted by Gasteiger charge is 2.02. The predicted octanol–water partition coefficient (Wildman–Crippen LogP) is 2.49. The van der Waals surface area contributed by atoms with E-state index < -0.39 is 0 Å². The molecule has 2 N–H and O–H groups in total. The van der Waals surface area contributed by atoms with E-state index in [1.54, 1.807) is 4.68 Å². The van der Waals surface area contributed by atoms with Gasteiger partial charge < -0.3 is 5.43 Å². The fraction of sp³-hybridized carbons (Fsp3) is 0.286. The summed E-state index contributed by atoms with van der Waals surface area (Å²) in [4.78, 5) is 0. The van der Waals surface area contributed by atoms with Crippen LogP contribution in [0.15, 0.2) is 30.3 Å². The third-order valence-electron chi connectivity index (χ3n) is 2.55. The maximum absolute atomic E-state index is 5.16. The average molecular weight is 272 g/mol. The number of hydrogen-bond acceptors (Lipinski definition) is 3. The molecule has 0 spiro atoms. The number of benzene rings is 1. The molecule has 0 saturated heterocycles.